The number of hydrogen-bond acceptors (Lipinski definition) is 5. The number of halogens is 3. The van der Waals surface area contributed by atoms with Crippen molar-refractivity contribution < 1.29 is 18.3 Å². The molecule has 3 aliphatic rings. The summed E-state index contributed by atoms with van der Waals surface area (Å²) in [6.45, 7) is 2.97. The lowest BCUT2D eigenvalue weighted by atomic mass is 9.88. The molecule has 0 bridgehead atoms. The number of amides is 1. The minimum atomic E-state index is -0.901. The minimum absolute atomic E-state index is 0. The van der Waals surface area contributed by atoms with E-state index in [9.17, 15) is 13.6 Å². The van der Waals surface area contributed by atoms with Gasteiger partial charge in [-0.25, -0.2) is 14.2 Å². The first-order valence-electron chi connectivity index (χ1n) is 8.70. The Labute approximate surface area is 157 Å². The molecule has 1 amide bonds. The third kappa shape index (κ3) is 3.70. The molecule has 6 nitrogen and oxygen atoms in total. The molecule has 4 rings (SSSR count). The second-order valence-electron chi connectivity index (χ2n) is 6.85. The summed E-state index contributed by atoms with van der Waals surface area (Å²) in [5.41, 5.74) is 6.91. The van der Waals surface area contributed by atoms with Crippen LogP contribution >= 0.6 is 12.4 Å². The largest absolute Gasteiger partial charge is 0.370 e. The van der Waals surface area contributed by atoms with Crippen LogP contribution in [0.25, 0.3) is 0 Å². The molecule has 1 aromatic carbocycles. The van der Waals surface area contributed by atoms with Crippen LogP contribution in [-0.2, 0) is 9.53 Å². The van der Waals surface area contributed by atoms with Crippen LogP contribution in [0.3, 0.4) is 0 Å². The molecule has 4 unspecified atom stereocenters. The van der Waals surface area contributed by atoms with Gasteiger partial charge in [-0.1, -0.05) is 6.07 Å². The molecule has 3 saturated heterocycles. The maximum absolute atomic E-state index is 13.5. The van der Waals surface area contributed by atoms with Crippen LogP contribution in [0.2, 0.25) is 0 Å². The Morgan fingerprint density at radius 2 is 2.08 bits per heavy atom. The molecule has 0 spiro atoms. The van der Waals surface area contributed by atoms with Crippen molar-refractivity contribution in [3.63, 3.8) is 0 Å². The average Bonchev–Trinajstić information content (AvgIpc) is 3.07. The predicted octanol–water partition coefficient (Wildman–Crippen LogP) is 0.741. The molecule has 3 aliphatic heterocycles. The summed E-state index contributed by atoms with van der Waals surface area (Å²) in [5.74, 6) is -1.54. The zero-order valence-corrected chi connectivity index (χ0v) is 15.0. The zero-order valence-electron chi connectivity index (χ0n) is 14.2. The Balaban J connectivity index is 0.00000196. The maximum Gasteiger partial charge on any atom is 0.241 e. The molecular formula is C17H23ClF2N4O2. The van der Waals surface area contributed by atoms with Crippen LogP contribution in [0, 0.1) is 17.6 Å². The third-order valence-electron chi connectivity index (χ3n) is 5.34. The van der Waals surface area contributed by atoms with E-state index in [0.717, 1.165) is 31.6 Å². The summed E-state index contributed by atoms with van der Waals surface area (Å²) in [5, 5.41) is 3.34. The lowest BCUT2D eigenvalue weighted by molar-refractivity contribution is -0.142. The molecule has 3 fully saturated rings. The van der Waals surface area contributed by atoms with Gasteiger partial charge < -0.3 is 15.0 Å². The summed E-state index contributed by atoms with van der Waals surface area (Å²) in [7, 11) is 0. The highest BCUT2D eigenvalue weighted by Crippen LogP contribution is 2.26. The Morgan fingerprint density at radius 3 is 2.88 bits per heavy atom. The van der Waals surface area contributed by atoms with Crippen molar-refractivity contribution in [3.05, 3.63) is 35.4 Å². The second-order valence-corrected chi connectivity index (χ2v) is 6.85. The van der Waals surface area contributed by atoms with Gasteiger partial charge in [0.15, 0.2) is 11.6 Å². The SMILES string of the molecule is Cl.O=C(C1NNC2CCNCC21)N1CCOC(c2ccc(F)c(F)c2)C1. The van der Waals surface area contributed by atoms with Crippen LogP contribution in [0.15, 0.2) is 18.2 Å². The Hall–Kier alpha value is -1.32. The van der Waals surface area contributed by atoms with Crippen LogP contribution in [0.1, 0.15) is 18.1 Å². The lowest BCUT2D eigenvalue weighted by Gasteiger charge is -2.36. The Morgan fingerprint density at radius 1 is 1.23 bits per heavy atom. The molecule has 144 valence electrons. The van der Waals surface area contributed by atoms with E-state index in [-0.39, 0.29) is 30.3 Å². The van der Waals surface area contributed by atoms with Gasteiger partial charge in [-0.15, -0.1) is 12.4 Å². The highest BCUT2D eigenvalue weighted by atomic mass is 35.5. The molecule has 3 heterocycles. The van der Waals surface area contributed by atoms with Crippen molar-refractivity contribution in [1.82, 2.24) is 21.1 Å². The van der Waals surface area contributed by atoms with Crippen molar-refractivity contribution in [2.24, 2.45) is 5.92 Å². The fraction of sp³-hybridized carbons (Fsp3) is 0.588. The van der Waals surface area contributed by atoms with Crippen LogP contribution < -0.4 is 16.2 Å². The molecule has 0 radical (unpaired) electrons. The third-order valence-corrected chi connectivity index (χ3v) is 5.34. The van der Waals surface area contributed by atoms with Gasteiger partial charge in [0.1, 0.15) is 12.1 Å². The molecule has 0 saturated carbocycles. The van der Waals surface area contributed by atoms with E-state index in [2.05, 4.69) is 16.2 Å². The minimum Gasteiger partial charge on any atom is -0.370 e. The number of rotatable bonds is 2. The summed E-state index contributed by atoms with van der Waals surface area (Å²) in [4.78, 5) is 14.7. The monoisotopic (exact) mass is 388 g/mol. The van der Waals surface area contributed by atoms with E-state index >= 15 is 0 Å². The van der Waals surface area contributed by atoms with Gasteiger partial charge in [0, 0.05) is 25.0 Å². The van der Waals surface area contributed by atoms with Gasteiger partial charge in [0.2, 0.25) is 5.91 Å². The molecule has 9 heteroatoms. The summed E-state index contributed by atoms with van der Waals surface area (Å²) >= 11 is 0. The summed E-state index contributed by atoms with van der Waals surface area (Å²) in [6.07, 6.45) is 0.546. The summed E-state index contributed by atoms with van der Waals surface area (Å²) < 4.78 is 32.3. The molecule has 0 aromatic heterocycles. The van der Waals surface area contributed by atoms with Crippen LogP contribution in [0.5, 0.6) is 0 Å². The number of benzene rings is 1. The first kappa shape index (κ1) is 19.4. The Kier molecular flexibility index (Phi) is 6.09. The van der Waals surface area contributed by atoms with Gasteiger partial charge >= 0.3 is 0 Å². The maximum atomic E-state index is 13.5. The molecule has 26 heavy (non-hydrogen) atoms. The van der Waals surface area contributed by atoms with Crippen LogP contribution in [-0.4, -0.2) is 55.7 Å². The number of hydrazine groups is 1. The number of nitrogens with zero attached hydrogens (tertiary/aromatic N) is 1. The number of ether oxygens (including phenoxy) is 1. The van der Waals surface area contributed by atoms with Gasteiger partial charge in [-0.2, -0.15) is 0 Å². The highest BCUT2D eigenvalue weighted by molar-refractivity contribution is 5.85. The molecular weight excluding hydrogens is 366 g/mol. The zero-order chi connectivity index (χ0) is 17.4. The quantitative estimate of drug-likeness (QED) is 0.697. The molecule has 0 aliphatic carbocycles. The normalized spacial score (nSPS) is 31.2. The van der Waals surface area contributed by atoms with Crippen molar-refractivity contribution in [3.8, 4) is 0 Å². The van der Waals surface area contributed by atoms with Gasteiger partial charge in [0.25, 0.3) is 0 Å². The Bertz CT molecular complexity index is 666. The standard InChI is InChI=1S/C17H22F2N4O2.ClH/c18-12-2-1-10(7-13(12)19)15-9-23(5-6-25-15)17(24)16-11-8-20-4-3-14(11)21-22-16;/h1-2,7,11,14-16,20-22H,3-6,8-9H2;1H. The first-order chi connectivity index (χ1) is 12.1. The smallest absolute Gasteiger partial charge is 0.241 e. The van der Waals surface area contributed by atoms with Gasteiger partial charge in [-0.3, -0.25) is 10.2 Å². The van der Waals surface area contributed by atoms with Crippen molar-refractivity contribution >= 4 is 18.3 Å². The lowest BCUT2D eigenvalue weighted by Crippen LogP contribution is -2.53. The summed E-state index contributed by atoms with van der Waals surface area (Å²) in [6, 6.07) is 3.77. The predicted molar refractivity (Wildman–Crippen MR) is 93.7 cm³/mol. The number of carbonyl (C=O) groups is 1. The van der Waals surface area contributed by atoms with Gasteiger partial charge in [0.05, 0.1) is 13.2 Å². The van der Waals surface area contributed by atoms with Gasteiger partial charge in [-0.05, 0) is 30.7 Å². The fourth-order valence-electron chi connectivity index (χ4n) is 3.92. The number of carbonyl (C=O) groups excluding carboxylic acids is 1. The number of piperidine rings is 1. The van der Waals surface area contributed by atoms with E-state index in [0.29, 0.717) is 31.3 Å². The number of fused-ring (bicyclic) bond motifs is 1. The average molecular weight is 389 g/mol. The van der Waals surface area contributed by atoms with E-state index in [4.69, 9.17) is 4.74 Å². The topological polar surface area (TPSA) is 65.6 Å². The fourth-order valence-corrected chi connectivity index (χ4v) is 3.92. The number of hydrogen-bond donors (Lipinski definition) is 3. The van der Waals surface area contributed by atoms with E-state index in [1.165, 1.54) is 6.07 Å². The highest BCUT2D eigenvalue weighted by Gasteiger charge is 2.43. The van der Waals surface area contributed by atoms with Crippen molar-refractivity contribution in [1.29, 1.82) is 0 Å². The second kappa shape index (κ2) is 8.14. The molecule has 1 aromatic rings. The molecule has 4 atom stereocenters. The number of morpholine rings is 1. The van der Waals surface area contributed by atoms with E-state index < -0.39 is 17.7 Å². The first-order valence-corrected chi connectivity index (χ1v) is 8.70. The van der Waals surface area contributed by atoms with E-state index in [1.807, 2.05) is 0 Å². The van der Waals surface area contributed by atoms with Crippen molar-refractivity contribution in [2.75, 3.05) is 32.8 Å². The van der Waals surface area contributed by atoms with Crippen LogP contribution in [0.4, 0.5) is 8.78 Å². The van der Waals surface area contributed by atoms with E-state index in [1.54, 1.807) is 4.90 Å². The number of nitrogens with one attached hydrogen (secondary N) is 3. The van der Waals surface area contributed by atoms with Crippen molar-refractivity contribution in [2.45, 2.75) is 24.6 Å². The molecule has 3 N–H and O–H groups in total.